The van der Waals surface area contributed by atoms with Crippen molar-refractivity contribution in [1.29, 1.82) is 0 Å². The first-order chi connectivity index (χ1) is 16.6. The van der Waals surface area contributed by atoms with Crippen molar-refractivity contribution in [3.8, 4) is 11.1 Å². The molecule has 2 aromatic rings. The van der Waals surface area contributed by atoms with Gasteiger partial charge in [-0.2, -0.15) is 0 Å². The van der Waals surface area contributed by atoms with E-state index in [2.05, 4.69) is 87.3 Å². The molecule has 188 valence electrons. The molecule has 1 amide bonds. The molecule has 2 atom stereocenters. The summed E-state index contributed by atoms with van der Waals surface area (Å²) in [6, 6.07) is 15.2. The van der Waals surface area contributed by atoms with Crippen LogP contribution in [0.15, 0.2) is 42.5 Å². The summed E-state index contributed by atoms with van der Waals surface area (Å²) in [5.74, 6) is 0.517. The first-order valence-corrected chi connectivity index (χ1v) is 13.1. The lowest BCUT2D eigenvalue weighted by atomic mass is 9.85. The molecule has 0 aromatic heterocycles. The molecule has 0 spiro atoms. The molecular formula is C30H40N2O3. The van der Waals surface area contributed by atoms with E-state index in [1.165, 1.54) is 27.8 Å². The molecule has 3 fully saturated rings. The fraction of sp³-hybridized carbons (Fsp3) is 0.567. The summed E-state index contributed by atoms with van der Waals surface area (Å²) in [6.45, 7) is 14.5. The summed E-state index contributed by atoms with van der Waals surface area (Å²) >= 11 is 0. The Bertz CT molecular complexity index is 1060. The summed E-state index contributed by atoms with van der Waals surface area (Å²) in [5, 5.41) is 3.23. The number of nitrogens with zero attached hydrogens (tertiary/aromatic N) is 1. The van der Waals surface area contributed by atoms with Crippen LogP contribution in [0.3, 0.4) is 0 Å². The van der Waals surface area contributed by atoms with E-state index in [-0.39, 0.29) is 29.3 Å². The quantitative estimate of drug-likeness (QED) is 0.565. The highest BCUT2D eigenvalue weighted by molar-refractivity contribution is 5.70. The predicted molar refractivity (Wildman–Crippen MR) is 139 cm³/mol. The number of piperidine rings is 3. The van der Waals surface area contributed by atoms with Crippen molar-refractivity contribution < 1.29 is 14.3 Å². The molecule has 5 nitrogen and oxygen atoms in total. The van der Waals surface area contributed by atoms with E-state index in [4.69, 9.17) is 9.47 Å². The molecule has 0 radical (unpaired) electrons. The lowest BCUT2D eigenvalue weighted by Gasteiger charge is -2.44. The molecule has 4 aliphatic rings. The van der Waals surface area contributed by atoms with Gasteiger partial charge in [-0.1, -0.05) is 56.3 Å². The zero-order valence-electron chi connectivity index (χ0n) is 21.9. The molecule has 3 heterocycles. The number of amides is 1. The number of carbonyl (C=O) groups excluding carboxylic acids is 1. The summed E-state index contributed by atoms with van der Waals surface area (Å²) in [7, 11) is 0. The summed E-state index contributed by atoms with van der Waals surface area (Å²) < 4.78 is 11.8. The van der Waals surface area contributed by atoms with Gasteiger partial charge in [0.2, 0.25) is 0 Å². The van der Waals surface area contributed by atoms with E-state index in [1.807, 2.05) is 0 Å². The Kier molecular flexibility index (Phi) is 6.43. The minimum absolute atomic E-state index is 0.0284. The molecule has 1 aliphatic carbocycles. The van der Waals surface area contributed by atoms with Crippen LogP contribution in [-0.2, 0) is 22.5 Å². The number of fused-ring (bicyclic) bond motifs is 4. The Hall–Kier alpha value is -2.37. The zero-order chi connectivity index (χ0) is 24.8. The third-order valence-electron chi connectivity index (χ3n) is 7.96. The topological polar surface area (TPSA) is 50.8 Å². The van der Waals surface area contributed by atoms with Gasteiger partial charge >= 0.3 is 6.09 Å². The van der Waals surface area contributed by atoms with Gasteiger partial charge in [-0.25, -0.2) is 4.79 Å². The van der Waals surface area contributed by atoms with Crippen LogP contribution in [0.2, 0.25) is 0 Å². The molecule has 6 rings (SSSR count). The molecule has 1 unspecified atom stereocenters. The van der Waals surface area contributed by atoms with E-state index in [0.29, 0.717) is 12.5 Å². The van der Waals surface area contributed by atoms with Crippen LogP contribution >= 0.6 is 0 Å². The van der Waals surface area contributed by atoms with Crippen molar-refractivity contribution in [2.45, 2.75) is 78.2 Å². The van der Waals surface area contributed by atoms with Gasteiger partial charge in [-0.05, 0) is 92.3 Å². The van der Waals surface area contributed by atoms with E-state index in [1.54, 1.807) is 0 Å². The number of alkyl carbamates (subject to hydrolysis) is 1. The molecule has 35 heavy (non-hydrogen) atoms. The average Bonchev–Trinajstić information content (AvgIpc) is 3.07. The fourth-order valence-corrected chi connectivity index (χ4v) is 5.93. The van der Waals surface area contributed by atoms with Crippen molar-refractivity contribution in [1.82, 2.24) is 10.2 Å². The molecule has 3 aliphatic heterocycles. The first-order valence-electron chi connectivity index (χ1n) is 13.1. The Morgan fingerprint density at radius 1 is 1.06 bits per heavy atom. The Morgan fingerprint density at radius 3 is 2.37 bits per heavy atom. The Labute approximate surface area is 210 Å². The maximum absolute atomic E-state index is 12.9. The summed E-state index contributed by atoms with van der Waals surface area (Å²) in [6.07, 6.45) is 2.97. The summed E-state index contributed by atoms with van der Waals surface area (Å²) in [4.78, 5) is 15.3. The fourth-order valence-electron chi connectivity index (χ4n) is 5.93. The van der Waals surface area contributed by atoms with Gasteiger partial charge in [-0.3, -0.25) is 4.90 Å². The molecular weight excluding hydrogens is 436 g/mol. The lowest BCUT2D eigenvalue weighted by molar-refractivity contribution is -0.0349. The number of rotatable bonds is 5. The Morgan fingerprint density at radius 2 is 1.74 bits per heavy atom. The number of benzene rings is 2. The average molecular weight is 477 g/mol. The van der Waals surface area contributed by atoms with E-state index >= 15 is 0 Å². The molecule has 1 N–H and O–H groups in total. The minimum Gasteiger partial charge on any atom is -0.445 e. The SMILES string of the molecule is CC(C)(C)OCc1ccc(-c2ccc3c(c2)CC(C)(C)C3NC(=O)O[C@@H]2CN3CCC2CC3)cc1. The number of hydrogen-bond acceptors (Lipinski definition) is 4. The predicted octanol–water partition coefficient (Wildman–Crippen LogP) is 6.11. The molecule has 5 heteroatoms. The molecule has 3 saturated heterocycles. The zero-order valence-corrected chi connectivity index (χ0v) is 21.9. The molecule has 2 aromatic carbocycles. The highest BCUT2D eigenvalue weighted by Gasteiger charge is 2.42. The monoisotopic (exact) mass is 476 g/mol. The van der Waals surface area contributed by atoms with Crippen molar-refractivity contribution >= 4 is 6.09 Å². The number of ether oxygens (including phenoxy) is 2. The summed E-state index contributed by atoms with van der Waals surface area (Å²) in [5.41, 5.74) is 5.89. The van der Waals surface area contributed by atoms with E-state index < -0.39 is 0 Å². The molecule has 0 saturated carbocycles. The van der Waals surface area contributed by atoms with Gasteiger partial charge in [0, 0.05) is 6.54 Å². The number of carbonyl (C=O) groups is 1. The minimum atomic E-state index is -0.271. The standard InChI is InChI=1S/C30H40N2O3/c1-29(2,3)34-19-20-6-8-21(9-7-20)23-10-11-25-24(16-23)17-30(4,5)27(25)31-28(33)35-26-18-32-14-12-22(26)13-15-32/h6-11,16,22,26-27H,12-15,17-19H2,1-5H3,(H,31,33)/t26-,27?/m1/s1. The number of nitrogens with one attached hydrogen (secondary N) is 1. The normalized spacial score (nSPS) is 26.9. The third kappa shape index (κ3) is 5.41. The van der Waals surface area contributed by atoms with Crippen molar-refractivity contribution in [2.24, 2.45) is 11.3 Å². The molecule has 2 bridgehead atoms. The van der Waals surface area contributed by atoms with Gasteiger partial charge in [0.05, 0.1) is 18.2 Å². The van der Waals surface area contributed by atoms with Crippen molar-refractivity contribution in [3.05, 3.63) is 59.2 Å². The van der Waals surface area contributed by atoms with Crippen LogP contribution in [0.5, 0.6) is 0 Å². The van der Waals surface area contributed by atoms with Crippen LogP contribution in [0.1, 0.15) is 70.2 Å². The van der Waals surface area contributed by atoms with E-state index in [9.17, 15) is 4.79 Å². The van der Waals surface area contributed by atoms with Crippen LogP contribution in [0, 0.1) is 11.3 Å². The smallest absolute Gasteiger partial charge is 0.407 e. The van der Waals surface area contributed by atoms with Crippen LogP contribution < -0.4 is 5.32 Å². The second-order valence-electron chi connectivity index (χ2n) is 12.3. The highest BCUT2D eigenvalue weighted by Crippen LogP contribution is 2.46. The van der Waals surface area contributed by atoms with Crippen molar-refractivity contribution in [3.63, 3.8) is 0 Å². The highest BCUT2D eigenvalue weighted by atomic mass is 16.6. The largest absolute Gasteiger partial charge is 0.445 e. The second-order valence-corrected chi connectivity index (χ2v) is 12.3. The Balaban J connectivity index is 1.26. The lowest BCUT2D eigenvalue weighted by Crippen LogP contribution is -2.53. The van der Waals surface area contributed by atoms with Gasteiger partial charge in [0.15, 0.2) is 0 Å². The van der Waals surface area contributed by atoms with Gasteiger partial charge in [-0.15, -0.1) is 0 Å². The maximum Gasteiger partial charge on any atom is 0.407 e. The number of hydrogen-bond donors (Lipinski definition) is 1. The van der Waals surface area contributed by atoms with Gasteiger partial charge in [0.25, 0.3) is 0 Å². The van der Waals surface area contributed by atoms with Crippen LogP contribution in [-0.4, -0.2) is 42.3 Å². The van der Waals surface area contributed by atoms with E-state index in [0.717, 1.165) is 38.9 Å². The second kappa shape index (κ2) is 9.25. The van der Waals surface area contributed by atoms with Crippen molar-refractivity contribution in [2.75, 3.05) is 19.6 Å². The van der Waals surface area contributed by atoms with Crippen LogP contribution in [0.25, 0.3) is 11.1 Å². The van der Waals surface area contributed by atoms with Gasteiger partial charge < -0.3 is 14.8 Å². The van der Waals surface area contributed by atoms with Crippen LogP contribution in [0.4, 0.5) is 4.79 Å². The third-order valence-corrected chi connectivity index (χ3v) is 7.96. The van der Waals surface area contributed by atoms with Gasteiger partial charge in [0.1, 0.15) is 6.10 Å². The maximum atomic E-state index is 12.9. The first kappa shape index (κ1) is 24.3.